The van der Waals surface area contributed by atoms with E-state index in [1.54, 1.807) is 4.57 Å². The lowest BCUT2D eigenvalue weighted by Crippen LogP contribution is -2.51. The van der Waals surface area contributed by atoms with Crippen molar-refractivity contribution < 1.29 is 4.79 Å². The van der Waals surface area contributed by atoms with Crippen LogP contribution in [-0.4, -0.2) is 57.9 Å². The Morgan fingerprint density at radius 1 is 0.738 bits per heavy atom. The largest absolute Gasteiger partial charge is 0.369 e. The molecule has 1 aliphatic rings. The number of piperazine rings is 1. The molecule has 1 unspecified atom stereocenters. The molecule has 1 amide bonds. The first-order chi connectivity index (χ1) is 20.6. The maximum Gasteiger partial charge on any atom is 0.355 e. The number of nitrogens with zero attached hydrogens (tertiary/aromatic N) is 5. The minimum Gasteiger partial charge on any atom is -0.369 e. The molecular formula is C34H34N6O2. The summed E-state index contributed by atoms with van der Waals surface area (Å²) in [4.78, 5) is 31.3. The van der Waals surface area contributed by atoms with E-state index in [-0.39, 0.29) is 17.6 Å². The van der Waals surface area contributed by atoms with Crippen LogP contribution in [0, 0.1) is 0 Å². The number of carbonyl (C=O) groups excluding carboxylic acids is 1. The zero-order chi connectivity index (χ0) is 28.9. The van der Waals surface area contributed by atoms with Crippen LogP contribution in [0.2, 0.25) is 0 Å². The first kappa shape index (κ1) is 27.2. The fourth-order valence-electron chi connectivity index (χ4n) is 5.60. The molecule has 1 fully saturated rings. The van der Waals surface area contributed by atoms with Gasteiger partial charge in [-0.05, 0) is 48.9 Å². The van der Waals surface area contributed by atoms with E-state index in [1.165, 1.54) is 4.68 Å². The molecule has 0 spiro atoms. The average Bonchev–Trinajstić information content (AvgIpc) is 3.40. The van der Waals surface area contributed by atoms with Crippen molar-refractivity contribution in [3.63, 3.8) is 0 Å². The zero-order valence-electron chi connectivity index (χ0n) is 23.6. The van der Waals surface area contributed by atoms with Crippen LogP contribution in [0.1, 0.15) is 18.5 Å². The number of carbonyl (C=O) groups is 1. The van der Waals surface area contributed by atoms with Crippen LogP contribution >= 0.6 is 0 Å². The highest BCUT2D eigenvalue weighted by atomic mass is 16.2. The number of likely N-dealkylation sites (N-methyl/N-ethyl adjacent to an activating group) is 1. The van der Waals surface area contributed by atoms with Gasteiger partial charge in [0, 0.05) is 44.0 Å². The van der Waals surface area contributed by atoms with E-state index in [1.807, 2.05) is 122 Å². The second kappa shape index (κ2) is 12.3. The first-order valence-electron chi connectivity index (χ1n) is 14.4. The summed E-state index contributed by atoms with van der Waals surface area (Å²) in [5.74, 6) is 0.629. The molecule has 212 valence electrons. The summed E-state index contributed by atoms with van der Waals surface area (Å²) in [6.45, 7) is 5.67. The van der Waals surface area contributed by atoms with Crippen LogP contribution in [-0.2, 0) is 4.79 Å². The molecule has 6 rings (SSSR count). The van der Waals surface area contributed by atoms with E-state index in [9.17, 15) is 9.59 Å². The molecule has 2 heterocycles. The van der Waals surface area contributed by atoms with Gasteiger partial charge in [0.2, 0.25) is 5.91 Å². The molecule has 1 aliphatic heterocycles. The summed E-state index contributed by atoms with van der Waals surface area (Å²) < 4.78 is 3.12. The molecule has 0 radical (unpaired) electrons. The number of benzene rings is 4. The summed E-state index contributed by atoms with van der Waals surface area (Å²) in [7, 11) is 0. The molecule has 8 heteroatoms. The lowest BCUT2D eigenvalue weighted by molar-refractivity contribution is -0.126. The fourth-order valence-corrected chi connectivity index (χ4v) is 5.60. The Balaban J connectivity index is 1.23. The Morgan fingerprint density at radius 3 is 1.93 bits per heavy atom. The van der Waals surface area contributed by atoms with Crippen molar-refractivity contribution >= 4 is 11.6 Å². The highest BCUT2D eigenvalue weighted by Crippen LogP contribution is 2.26. The summed E-state index contributed by atoms with van der Waals surface area (Å²) >= 11 is 0. The molecule has 1 saturated heterocycles. The minimum atomic E-state index is -0.305. The van der Waals surface area contributed by atoms with E-state index in [4.69, 9.17) is 5.10 Å². The molecule has 5 aromatic rings. The number of hydrogen-bond donors (Lipinski definition) is 1. The van der Waals surface area contributed by atoms with Gasteiger partial charge in [-0.1, -0.05) is 78.9 Å². The second-order valence-electron chi connectivity index (χ2n) is 10.3. The van der Waals surface area contributed by atoms with Crippen molar-refractivity contribution in [2.45, 2.75) is 13.0 Å². The van der Waals surface area contributed by atoms with Gasteiger partial charge in [0.15, 0.2) is 5.82 Å². The maximum atomic E-state index is 13.7. The van der Waals surface area contributed by atoms with Crippen LogP contribution in [0.15, 0.2) is 120 Å². The maximum absolute atomic E-state index is 13.7. The summed E-state index contributed by atoms with van der Waals surface area (Å²) in [5.41, 5.74) is 4.20. The highest BCUT2D eigenvalue weighted by Gasteiger charge is 2.30. The standard InChI is InChI=1S/C34H34N6O2/c1-2-35-33(41)31(26-12-6-3-7-13-26)38-24-22-37(23-25-38)28-18-20-30(21-19-28)40-34(42)39(29-16-10-5-11-17-29)32(36-40)27-14-8-4-9-15-27/h3-21,31H,2,22-25H2,1H3,(H,35,41). The average molecular weight is 559 g/mol. The van der Waals surface area contributed by atoms with E-state index in [0.717, 1.165) is 48.7 Å². The monoisotopic (exact) mass is 558 g/mol. The van der Waals surface area contributed by atoms with Crippen molar-refractivity contribution in [1.82, 2.24) is 24.6 Å². The quantitative estimate of drug-likeness (QED) is 0.299. The van der Waals surface area contributed by atoms with Crippen LogP contribution in [0.5, 0.6) is 0 Å². The number of aromatic nitrogens is 3. The van der Waals surface area contributed by atoms with Gasteiger partial charge in [-0.15, -0.1) is 5.10 Å². The first-order valence-corrected chi connectivity index (χ1v) is 14.4. The topological polar surface area (TPSA) is 75.4 Å². The predicted molar refractivity (Wildman–Crippen MR) is 166 cm³/mol. The van der Waals surface area contributed by atoms with Gasteiger partial charge in [0.1, 0.15) is 6.04 Å². The van der Waals surface area contributed by atoms with Gasteiger partial charge in [0.05, 0.1) is 11.4 Å². The molecule has 0 aliphatic carbocycles. The lowest BCUT2D eigenvalue weighted by atomic mass is 10.0. The van der Waals surface area contributed by atoms with Gasteiger partial charge >= 0.3 is 5.69 Å². The number of anilines is 1. The SMILES string of the molecule is CCNC(=O)C(c1ccccc1)N1CCN(c2ccc(-n3nc(-c4ccccc4)n(-c4ccccc4)c3=O)cc2)CC1. The zero-order valence-corrected chi connectivity index (χ0v) is 23.6. The van der Waals surface area contributed by atoms with E-state index in [0.29, 0.717) is 18.1 Å². The van der Waals surface area contributed by atoms with E-state index < -0.39 is 0 Å². The summed E-state index contributed by atoms with van der Waals surface area (Å²) in [5, 5.41) is 7.77. The van der Waals surface area contributed by atoms with Crippen molar-refractivity contribution in [1.29, 1.82) is 0 Å². The molecule has 1 aromatic heterocycles. The molecule has 1 atom stereocenters. The molecule has 4 aromatic carbocycles. The van der Waals surface area contributed by atoms with Crippen LogP contribution in [0.25, 0.3) is 22.8 Å². The second-order valence-corrected chi connectivity index (χ2v) is 10.3. The van der Waals surface area contributed by atoms with E-state index >= 15 is 0 Å². The Morgan fingerprint density at radius 2 is 1.31 bits per heavy atom. The number of amides is 1. The van der Waals surface area contributed by atoms with Crippen molar-refractivity contribution in [2.24, 2.45) is 0 Å². The third kappa shape index (κ3) is 5.49. The number of para-hydroxylation sites is 1. The van der Waals surface area contributed by atoms with Gasteiger partial charge in [-0.2, -0.15) is 4.68 Å². The molecule has 8 nitrogen and oxygen atoms in total. The minimum absolute atomic E-state index is 0.0387. The lowest BCUT2D eigenvalue weighted by Gasteiger charge is -2.39. The van der Waals surface area contributed by atoms with Crippen molar-refractivity contribution in [2.75, 3.05) is 37.6 Å². The Bertz CT molecular complexity index is 1670. The van der Waals surface area contributed by atoms with Gasteiger partial charge in [-0.3, -0.25) is 9.69 Å². The Kier molecular flexibility index (Phi) is 7.96. The number of hydrogen-bond acceptors (Lipinski definition) is 5. The smallest absolute Gasteiger partial charge is 0.355 e. The molecule has 0 saturated carbocycles. The third-order valence-electron chi connectivity index (χ3n) is 7.68. The summed E-state index contributed by atoms with van der Waals surface area (Å²) in [6.07, 6.45) is 0. The van der Waals surface area contributed by atoms with E-state index in [2.05, 4.69) is 15.1 Å². The number of rotatable bonds is 8. The molecule has 0 bridgehead atoms. The molecule has 42 heavy (non-hydrogen) atoms. The van der Waals surface area contributed by atoms with Crippen LogP contribution < -0.4 is 15.9 Å². The highest BCUT2D eigenvalue weighted by molar-refractivity contribution is 5.83. The van der Waals surface area contributed by atoms with Crippen LogP contribution in [0.3, 0.4) is 0 Å². The van der Waals surface area contributed by atoms with Crippen molar-refractivity contribution in [3.8, 4) is 22.8 Å². The molecular weight excluding hydrogens is 524 g/mol. The van der Waals surface area contributed by atoms with Gasteiger partial charge in [-0.25, -0.2) is 9.36 Å². The van der Waals surface area contributed by atoms with Gasteiger partial charge in [0.25, 0.3) is 0 Å². The predicted octanol–water partition coefficient (Wildman–Crippen LogP) is 4.69. The Labute approximate surface area is 245 Å². The summed E-state index contributed by atoms with van der Waals surface area (Å²) in [6, 6.07) is 37.0. The fraction of sp³-hybridized carbons (Fsp3) is 0.206. The van der Waals surface area contributed by atoms with Crippen LogP contribution in [0.4, 0.5) is 5.69 Å². The third-order valence-corrected chi connectivity index (χ3v) is 7.68. The number of nitrogens with one attached hydrogen (secondary N) is 1. The van der Waals surface area contributed by atoms with Gasteiger partial charge < -0.3 is 10.2 Å². The molecule has 1 N–H and O–H groups in total. The normalized spacial score (nSPS) is 14.5. The Hall–Kier alpha value is -4.95. The van der Waals surface area contributed by atoms with Crippen molar-refractivity contribution in [3.05, 3.63) is 131 Å².